The average molecular weight is 551 g/mol. The molecule has 3 rings (SSSR count). The number of pyridine rings is 1. The Labute approximate surface area is 238 Å². The van der Waals surface area contributed by atoms with Gasteiger partial charge in [0.25, 0.3) is 0 Å². The Balaban J connectivity index is 1.75. The minimum absolute atomic E-state index is 0.0969. The molecule has 0 bridgehead atoms. The van der Waals surface area contributed by atoms with Crippen LogP contribution in [0.2, 0.25) is 0 Å². The molecule has 0 unspecified atom stereocenters. The predicted octanol–water partition coefficient (Wildman–Crippen LogP) is 5.26. The second-order valence-electron chi connectivity index (χ2n) is 11.5. The molecule has 1 aliphatic carbocycles. The van der Waals surface area contributed by atoms with Crippen molar-refractivity contribution in [2.75, 3.05) is 6.54 Å². The number of amides is 3. The molecule has 1 saturated carbocycles. The zero-order chi connectivity index (χ0) is 28.7. The molecule has 0 saturated heterocycles. The number of hydrazine groups is 1. The van der Waals surface area contributed by atoms with Crippen LogP contribution < -0.4 is 10.9 Å². The van der Waals surface area contributed by atoms with E-state index in [1.54, 1.807) is 18.5 Å². The summed E-state index contributed by atoms with van der Waals surface area (Å²) in [6.07, 6.45) is 13.1. The Kier molecular flexibility index (Phi) is 13.1. The average Bonchev–Trinajstić information content (AvgIpc) is 2.97. The SMILES string of the molecule is CC(C)C[C@@H](C(=O)NN(CCc1ccccc1)C(=O)Cc1cccnc1)[C@H](CCCC1CCCCC1)C(=O)NO. The number of benzene rings is 1. The molecule has 0 spiro atoms. The second-order valence-corrected chi connectivity index (χ2v) is 11.5. The lowest BCUT2D eigenvalue weighted by Gasteiger charge is -2.30. The molecule has 8 heteroatoms. The van der Waals surface area contributed by atoms with Gasteiger partial charge in [-0.05, 0) is 48.3 Å². The largest absolute Gasteiger partial charge is 0.289 e. The maximum Gasteiger partial charge on any atom is 0.247 e. The van der Waals surface area contributed by atoms with Crippen molar-refractivity contribution < 1.29 is 19.6 Å². The molecule has 8 nitrogen and oxygen atoms in total. The molecule has 1 fully saturated rings. The molecule has 0 radical (unpaired) electrons. The summed E-state index contributed by atoms with van der Waals surface area (Å²) >= 11 is 0. The summed E-state index contributed by atoms with van der Waals surface area (Å²) in [6, 6.07) is 13.4. The topological polar surface area (TPSA) is 112 Å². The van der Waals surface area contributed by atoms with Crippen LogP contribution in [0.1, 0.15) is 82.8 Å². The highest BCUT2D eigenvalue weighted by Gasteiger charge is 2.35. The molecule has 2 aromatic rings. The normalized spacial score (nSPS) is 15.3. The Bertz CT molecular complexity index is 1040. The van der Waals surface area contributed by atoms with Gasteiger partial charge in [0, 0.05) is 18.9 Å². The van der Waals surface area contributed by atoms with E-state index >= 15 is 0 Å². The van der Waals surface area contributed by atoms with Crippen molar-refractivity contribution >= 4 is 17.7 Å². The van der Waals surface area contributed by atoms with Crippen molar-refractivity contribution in [2.24, 2.45) is 23.7 Å². The zero-order valence-corrected chi connectivity index (χ0v) is 24.1. The molecular formula is C32H46N4O4. The molecule has 1 aromatic heterocycles. The van der Waals surface area contributed by atoms with Gasteiger partial charge < -0.3 is 0 Å². The van der Waals surface area contributed by atoms with Crippen molar-refractivity contribution in [3.05, 3.63) is 66.0 Å². The Morgan fingerprint density at radius 1 is 0.975 bits per heavy atom. The second kappa shape index (κ2) is 16.8. The Morgan fingerprint density at radius 2 is 1.70 bits per heavy atom. The third-order valence-electron chi connectivity index (χ3n) is 7.94. The van der Waals surface area contributed by atoms with Crippen molar-refractivity contribution in [2.45, 2.75) is 84.5 Å². The zero-order valence-electron chi connectivity index (χ0n) is 24.1. The van der Waals surface area contributed by atoms with E-state index in [2.05, 4.69) is 10.4 Å². The van der Waals surface area contributed by atoms with Crippen molar-refractivity contribution in [3.63, 3.8) is 0 Å². The molecule has 40 heavy (non-hydrogen) atoms. The highest BCUT2D eigenvalue weighted by molar-refractivity contribution is 5.89. The van der Waals surface area contributed by atoms with Crippen LogP contribution in [0.3, 0.4) is 0 Å². The maximum atomic E-state index is 13.8. The van der Waals surface area contributed by atoms with Gasteiger partial charge in [0.2, 0.25) is 17.7 Å². The number of aromatic nitrogens is 1. The fraction of sp³-hybridized carbons (Fsp3) is 0.562. The number of carbonyl (C=O) groups excluding carboxylic acids is 3. The van der Waals surface area contributed by atoms with Crippen LogP contribution in [-0.2, 0) is 27.2 Å². The van der Waals surface area contributed by atoms with Crippen LogP contribution in [0.15, 0.2) is 54.9 Å². The van der Waals surface area contributed by atoms with Gasteiger partial charge >= 0.3 is 0 Å². The van der Waals surface area contributed by atoms with Gasteiger partial charge in [0.1, 0.15) is 0 Å². The number of nitrogens with one attached hydrogen (secondary N) is 2. The van der Waals surface area contributed by atoms with Crippen LogP contribution in [0, 0.1) is 23.7 Å². The highest BCUT2D eigenvalue weighted by atomic mass is 16.5. The summed E-state index contributed by atoms with van der Waals surface area (Å²) in [5, 5.41) is 10.9. The van der Waals surface area contributed by atoms with E-state index in [4.69, 9.17) is 0 Å². The summed E-state index contributed by atoms with van der Waals surface area (Å²) in [4.78, 5) is 44.2. The first-order valence-electron chi connectivity index (χ1n) is 14.8. The summed E-state index contributed by atoms with van der Waals surface area (Å²) in [7, 11) is 0. The summed E-state index contributed by atoms with van der Waals surface area (Å²) in [6.45, 7) is 4.32. The fourth-order valence-electron chi connectivity index (χ4n) is 5.78. The molecule has 3 amide bonds. The molecule has 1 aromatic carbocycles. The summed E-state index contributed by atoms with van der Waals surface area (Å²) in [5.41, 5.74) is 6.49. The quantitative estimate of drug-likeness (QED) is 0.219. The lowest BCUT2D eigenvalue weighted by Crippen LogP contribution is -2.52. The van der Waals surface area contributed by atoms with E-state index in [9.17, 15) is 19.6 Å². The third-order valence-corrected chi connectivity index (χ3v) is 7.94. The predicted molar refractivity (Wildman–Crippen MR) is 155 cm³/mol. The van der Waals surface area contributed by atoms with Gasteiger partial charge in [-0.2, -0.15) is 0 Å². The monoisotopic (exact) mass is 550 g/mol. The number of hydrogen-bond donors (Lipinski definition) is 3. The molecule has 1 aliphatic rings. The van der Waals surface area contributed by atoms with Gasteiger partial charge in [0.05, 0.1) is 18.3 Å². The van der Waals surface area contributed by atoms with Gasteiger partial charge in [-0.15, -0.1) is 0 Å². The van der Waals surface area contributed by atoms with E-state index in [-0.39, 0.29) is 24.2 Å². The number of nitrogens with zero attached hydrogens (tertiary/aromatic N) is 2. The Hall–Kier alpha value is -3.26. The minimum Gasteiger partial charge on any atom is -0.289 e. The third kappa shape index (κ3) is 10.4. The Morgan fingerprint density at radius 3 is 2.35 bits per heavy atom. The lowest BCUT2D eigenvalue weighted by molar-refractivity contribution is -0.147. The summed E-state index contributed by atoms with van der Waals surface area (Å²) < 4.78 is 0. The standard InChI is InChI=1S/C32H46N4O4/c1-24(2)21-29(28(32(39)35-40)17-9-15-25-11-5-3-6-12-25)31(38)34-36(20-18-26-13-7-4-8-14-26)30(37)22-27-16-10-19-33-23-27/h4,7-8,10,13-14,16,19,23-25,28-29,40H,3,5-6,9,11-12,15,17-18,20-22H2,1-2H3,(H,34,38)(H,35,39)/t28-,29+/m0/s1. The van der Waals surface area contributed by atoms with E-state index in [1.165, 1.54) is 37.1 Å². The molecule has 0 aliphatic heterocycles. The first-order chi connectivity index (χ1) is 19.4. The van der Waals surface area contributed by atoms with Gasteiger partial charge in [-0.1, -0.05) is 95.2 Å². The number of hydroxylamine groups is 1. The van der Waals surface area contributed by atoms with E-state index in [0.29, 0.717) is 31.7 Å². The molecular weight excluding hydrogens is 504 g/mol. The van der Waals surface area contributed by atoms with Crippen LogP contribution in [0.4, 0.5) is 0 Å². The minimum atomic E-state index is -0.680. The van der Waals surface area contributed by atoms with Gasteiger partial charge in [0.15, 0.2) is 0 Å². The van der Waals surface area contributed by atoms with E-state index in [1.807, 2.05) is 55.7 Å². The van der Waals surface area contributed by atoms with Crippen molar-refractivity contribution in [3.8, 4) is 0 Å². The smallest absolute Gasteiger partial charge is 0.247 e. The van der Waals surface area contributed by atoms with E-state index in [0.717, 1.165) is 24.0 Å². The summed E-state index contributed by atoms with van der Waals surface area (Å²) in [5.74, 6) is -1.70. The van der Waals surface area contributed by atoms with Crippen LogP contribution in [-0.4, -0.2) is 39.5 Å². The van der Waals surface area contributed by atoms with Crippen LogP contribution in [0.5, 0.6) is 0 Å². The van der Waals surface area contributed by atoms with Crippen LogP contribution >= 0.6 is 0 Å². The highest BCUT2D eigenvalue weighted by Crippen LogP contribution is 2.31. The van der Waals surface area contributed by atoms with Crippen LogP contribution in [0.25, 0.3) is 0 Å². The molecule has 1 heterocycles. The number of rotatable bonds is 14. The fourth-order valence-corrected chi connectivity index (χ4v) is 5.78. The van der Waals surface area contributed by atoms with Gasteiger partial charge in [-0.25, -0.2) is 5.48 Å². The molecule has 2 atom stereocenters. The maximum absolute atomic E-state index is 13.8. The lowest BCUT2D eigenvalue weighted by atomic mass is 9.79. The van der Waals surface area contributed by atoms with E-state index < -0.39 is 17.7 Å². The molecule has 3 N–H and O–H groups in total. The van der Waals surface area contributed by atoms with Crippen molar-refractivity contribution in [1.29, 1.82) is 0 Å². The number of carbonyl (C=O) groups is 3. The molecule has 218 valence electrons. The van der Waals surface area contributed by atoms with Gasteiger partial charge in [-0.3, -0.25) is 35.0 Å². The van der Waals surface area contributed by atoms with Crippen molar-refractivity contribution in [1.82, 2.24) is 20.9 Å². The first-order valence-corrected chi connectivity index (χ1v) is 14.8. The number of hydrogen-bond acceptors (Lipinski definition) is 5. The first kappa shape index (κ1) is 31.3.